The molecule has 0 radical (unpaired) electrons. The monoisotopic (exact) mass is 208 g/mol. The summed E-state index contributed by atoms with van der Waals surface area (Å²) in [6, 6.07) is 10.0. The molecule has 0 heterocycles. The maximum absolute atomic E-state index is 4.95. The molecule has 1 aromatic rings. The summed E-state index contributed by atoms with van der Waals surface area (Å²) in [5.74, 6) is 0. The van der Waals surface area contributed by atoms with Crippen molar-refractivity contribution >= 4 is 6.08 Å². The zero-order valence-electron chi connectivity index (χ0n) is 9.61. The molecule has 0 N–H and O–H groups in total. The molecule has 1 aromatic carbocycles. The van der Waals surface area contributed by atoms with E-state index in [0.717, 1.165) is 6.61 Å². The third-order valence-electron chi connectivity index (χ3n) is 1.67. The smallest absolute Gasteiger partial charge is 0.0700 e. The van der Waals surface area contributed by atoms with Gasteiger partial charge in [-0.15, -0.1) is 0 Å². The second kappa shape index (κ2) is 11.0. The molecule has 0 aromatic heterocycles. The highest BCUT2D eigenvalue weighted by atomic mass is 16.5. The molecule has 2 heteroatoms. The van der Waals surface area contributed by atoms with E-state index in [1.165, 1.54) is 5.56 Å². The summed E-state index contributed by atoms with van der Waals surface area (Å²) >= 11 is 0. The Morgan fingerprint density at radius 1 is 1.20 bits per heavy atom. The van der Waals surface area contributed by atoms with Gasteiger partial charge in [-0.2, -0.15) is 0 Å². The van der Waals surface area contributed by atoms with Crippen molar-refractivity contribution in [2.24, 2.45) is 0 Å². The normalized spacial score (nSPS) is 8.93. The van der Waals surface area contributed by atoms with Gasteiger partial charge in [0.2, 0.25) is 0 Å². The van der Waals surface area contributed by atoms with E-state index in [9.17, 15) is 0 Å². The summed E-state index contributed by atoms with van der Waals surface area (Å²) in [7, 11) is 1.67. The Kier molecular flexibility index (Phi) is 10.1. The van der Waals surface area contributed by atoms with E-state index < -0.39 is 0 Å². The minimum absolute atomic E-state index is 0.702. The van der Waals surface area contributed by atoms with Crippen LogP contribution in [0, 0.1) is 0 Å². The molecule has 15 heavy (non-hydrogen) atoms. The van der Waals surface area contributed by atoms with Gasteiger partial charge in [-0.3, -0.25) is 0 Å². The SMILES string of the molecule is C=Cc1ccccc1.CCOCCOC. The zero-order chi connectivity index (χ0) is 11.4. The van der Waals surface area contributed by atoms with E-state index >= 15 is 0 Å². The van der Waals surface area contributed by atoms with Gasteiger partial charge in [0.1, 0.15) is 0 Å². The summed E-state index contributed by atoms with van der Waals surface area (Å²) in [6.45, 7) is 7.80. The highest BCUT2D eigenvalue weighted by molar-refractivity contribution is 5.45. The molecule has 84 valence electrons. The standard InChI is InChI=1S/C8H8.C5H12O2/c1-2-8-6-4-3-5-7-8;1-3-7-5-4-6-2/h2-7H,1H2;3-5H2,1-2H3. The predicted octanol–water partition coefficient (Wildman–Crippen LogP) is 3.00. The van der Waals surface area contributed by atoms with Crippen LogP contribution < -0.4 is 0 Å². The lowest BCUT2D eigenvalue weighted by atomic mass is 10.2. The molecule has 0 aliphatic carbocycles. The number of hydrogen-bond acceptors (Lipinski definition) is 2. The van der Waals surface area contributed by atoms with E-state index in [1.807, 2.05) is 43.3 Å². The van der Waals surface area contributed by atoms with Crippen LogP contribution in [0.15, 0.2) is 36.9 Å². The Morgan fingerprint density at radius 2 is 1.87 bits per heavy atom. The first kappa shape index (κ1) is 13.9. The van der Waals surface area contributed by atoms with Crippen LogP contribution in [0.5, 0.6) is 0 Å². The quantitative estimate of drug-likeness (QED) is 0.692. The topological polar surface area (TPSA) is 18.5 Å². The van der Waals surface area contributed by atoms with Gasteiger partial charge in [0.25, 0.3) is 0 Å². The van der Waals surface area contributed by atoms with Crippen molar-refractivity contribution in [1.82, 2.24) is 0 Å². The third kappa shape index (κ3) is 9.19. The summed E-state index contributed by atoms with van der Waals surface area (Å²) in [4.78, 5) is 0. The Labute approximate surface area is 92.5 Å². The fraction of sp³-hybridized carbons (Fsp3) is 0.385. The van der Waals surface area contributed by atoms with Crippen LogP contribution in [0.4, 0.5) is 0 Å². The van der Waals surface area contributed by atoms with Crippen molar-refractivity contribution in [3.8, 4) is 0 Å². The van der Waals surface area contributed by atoms with Gasteiger partial charge in [0, 0.05) is 13.7 Å². The minimum Gasteiger partial charge on any atom is -0.382 e. The van der Waals surface area contributed by atoms with Crippen LogP contribution in [-0.2, 0) is 9.47 Å². The summed E-state index contributed by atoms with van der Waals surface area (Å²) in [5.41, 5.74) is 1.17. The first-order chi connectivity index (χ1) is 7.35. The van der Waals surface area contributed by atoms with E-state index in [1.54, 1.807) is 7.11 Å². The molecule has 0 saturated heterocycles. The van der Waals surface area contributed by atoms with Gasteiger partial charge in [0.05, 0.1) is 13.2 Å². The van der Waals surface area contributed by atoms with Gasteiger partial charge in [-0.25, -0.2) is 0 Å². The lowest BCUT2D eigenvalue weighted by Crippen LogP contribution is -2.00. The Hall–Kier alpha value is -1.12. The summed E-state index contributed by atoms with van der Waals surface area (Å²) < 4.78 is 9.67. The van der Waals surface area contributed by atoms with Gasteiger partial charge >= 0.3 is 0 Å². The van der Waals surface area contributed by atoms with Gasteiger partial charge in [0.15, 0.2) is 0 Å². The second-order valence-electron chi connectivity index (χ2n) is 2.80. The number of methoxy groups -OCH3 is 1. The van der Waals surface area contributed by atoms with Crippen LogP contribution in [0.3, 0.4) is 0 Å². The largest absolute Gasteiger partial charge is 0.382 e. The highest BCUT2D eigenvalue weighted by Gasteiger charge is 1.78. The van der Waals surface area contributed by atoms with Crippen molar-refractivity contribution < 1.29 is 9.47 Å². The number of ether oxygens (including phenoxy) is 2. The minimum atomic E-state index is 0.702. The molecule has 1 rings (SSSR count). The number of hydrogen-bond donors (Lipinski definition) is 0. The fourth-order valence-corrected chi connectivity index (χ4v) is 0.876. The molecule has 0 unspecified atom stereocenters. The van der Waals surface area contributed by atoms with Gasteiger partial charge < -0.3 is 9.47 Å². The Bertz CT molecular complexity index is 228. The molecule has 2 nitrogen and oxygen atoms in total. The maximum Gasteiger partial charge on any atom is 0.0700 e. The predicted molar refractivity (Wildman–Crippen MR) is 64.9 cm³/mol. The molecule has 0 amide bonds. The zero-order valence-corrected chi connectivity index (χ0v) is 9.61. The van der Waals surface area contributed by atoms with E-state index in [0.29, 0.717) is 13.2 Å². The number of benzene rings is 1. The van der Waals surface area contributed by atoms with Crippen molar-refractivity contribution in [3.05, 3.63) is 42.5 Å². The van der Waals surface area contributed by atoms with E-state index in [4.69, 9.17) is 9.47 Å². The highest BCUT2D eigenvalue weighted by Crippen LogP contribution is 1.97. The average Bonchev–Trinajstić information content (AvgIpc) is 2.32. The fourth-order valence-electron chi connectivity index (χ4n) is 0.876. The van der Waals surface area contributed by atoms with Crippen LogP contribution >= 0.6 is 0 Å². The molecular weight excluding hydrogens is 188 g/mol. The second-order valence-corrected chi connectivity index (χ2v) is 2.80. The van der Waals surface area contributed by atoms with Crippen molar-refractivity contribution in [2.45, 2.75) is 6.92 Å². The first-order valence-corrected chi connectivity index (χ1v) is 5.09. The summed E-state index contributed by atoms with van der Waals surface area (Å²) in [5, 5.41) is 0. The van der Waals surface area contributed by atoms with E-state index in [-0.39, 0.29) is 0 Å². The molecule has 0 spiro atoms. The van der Waals surface area contributed by atoms with Crippen LogP contribution in [-0.4, -0.2) is 26.9 Å². The van der Waals surface area contributed by atoms with Crippen molar-refractivity contribution in [2.75, 3.05) is 26.9 Å². The van der Waals surface area contributed by atoms with Crippen LogP contribution in [0.2, 0.25) is 0 Å². The molecule has 0 aliphatic rings. The molecule has 0 saturated carbocycles. The lowest BCUT2D eigenvalue weighted by molar-refractivity contribution is 0.0777. The Balaban J connectivity index is 0.000000265. The van der Waals surface area contributed by atoms with Gasteiger partial charge in [-0.1, -0.05) is 43.0 Å². The molecule has 0 aliphatic heterocycles. The van der Waals surface area contributed by atoms with E-state index in [2.05, 4.69) is 6.58 Å². The maximum atomic E-state index is 4.95. The van der Waals surface area contributed by atoms with Crippen molar-refractivity contribution in [3.63, 3.8) is 0 Å². The Morgan fingerprint density at radius 3 is 2.27 bits per heavy atom. The average molecular weight is 208 g/mol. The summed E-state index contributed by atoms with van der Waals surface area (Å²) in [6.07, 6.45) is 1.83. The molecule has 0 bridgehead atoms. The van der Waals surface area contributed by atoms with Crippen LogP contribution in [0.1, 0.15) is 12.5 Å². The first-order valence-electron chi connectivity index (χ1n) is 5.09. The lowest BCUT2D eigenvalue weighted by Gasteiger charge is -1.96. The molecule has 0 atom stereocenters. The van der Waals surface area contributed by atoms with Gasteiger partial charge in [-0.05, 0) is 12.5 Å². The third-order valence-corrected chi connectivity index (χ3v) is 1.67. The molecule has 0 fully saturated rings. The molecular formula is C13H20O2. The number of rotatable bonds is 5. The van der Waals surface area contributed by atoms with Crippen LogP contribution in [0.25, 0.3) is 6.08 Å². The van der Waals surface area contributed by atoms with Crippen molar-refractivity contribution in [1.29, 1.82) is 0 Å².